The molecule has 0 fully saturated rings. The van der Waals surface area contributed by atoms with Crippen LogP contribution < -0.4 is 5.32 Å². The Morgan fingerprint density at radius 2 is 2.18 bits per heavy atom. The molecule has 0 saturated carbocycles. The molecule has 0 saturated heterocycles. The number of benzene rings is 1. The Hall–Kier alpha value is -0.880. The number of halogens is 1. The van der Waals surface area contributed by atoms with Crippen molar-refractivity contribution >= 4 is 39.2 Å². The third-order valence-electron chi connectivity index (χ3n) is 2.48. The van der Waals surface area contributed by atoms with Gasteiger partial charge in [-0.25, -0.2) is 0 Å². The van der Waals surface area contributed by atoms with Crippen molar-refractivity contribution in [3.63, 3.8) is 0 Å². The normalized spacial score (nSPS) is 10.8. The summed E-state index contributed by atoms with van der Waals surface area (Å²) in [6.07, 6.45) is 0. The van der Waals surface area contributed by atoms with Crippen LogP contribution in [0.3, 0.4) is 0 Å². The van der Waals surface area contributed by atoms with E-state index in [0.717, 1.165) is 23.4 Å². The third-order valence-corrected chi connectivity index (χ3v) is 3.15. The van der Waals surface area contributed by atoms with Gasteiger partial charge in [-0.2, -0.15) is 0 Å². The minimum absolute atomic E-state index is 0.542. The molecule has 1 aromatic carbocycles. The van der Waals surface area contributed by atoms with Gasteiger partial charge >= 0.3 is 0 Å². The molecule has 0 bridgehead atoms. The molecule has 0 aliphatic rings. The molecule has 0 atom stereocenters. The summed E-state index contributed by atoms with van der Waals surface area (Å²) in [5, 5.41) is 4.54. The number of hydrogen-bond acceptors (Lipinski definition) is 3. The van der Waals surface area contributed by atoms with Crippen molar-refractivity contribution < 1.29 is 4.74 Å². The van der Waals surface area contributed by atoms with Crippen LogP contribution in [0, 0.1) is 3.57 Å². The van der Waals surface area contributed by atoms with Gasteiger partial charge in [0.15, 0.2) is 0 Å². The topological polar surface area (TPSA) is 34.1 Å². The van der Waals surface area contributed by atoms with Crippen LogP contribution in [-0.4, -0.2) is 18.6 Å². The molecule has 2 aromatic rings. The average Bonchev–Trinajstić information content (AvgIpc) is 2.31. The third kappa shape index (κ3) is 2.87. The smallest absolute Gasteiger partial charge is 0.0885 e. The maximum absolute atomic E-state index is 5.14. The lowest BCUT2D eigenvalue weighted by atomic mass is 10.1. The highest BCUT2D eigenvalue weighted by molar-refractivity contribution is 14.1. The number of anilines is 1. The van der Waals surface area contributed by atoms with Crippen LogP contribution in [0.4, 0.5) is 5.69 Å². The van der Waals surface area contributed by atoms with E-state index in [-0.39, 0.29) is 0 Å². The minimum Gasteiger partial charge on any atom is -0.385 e. The van der Waals surface area contributed by atoms with Gasteiger partial charge in [-0.1, -0.05) is 0 Å². The van der Waals surface area contributed by atoms with Crippen LogP contribution >= 0.6 is 22.6 Å². The molecule has 0 aliphatic carbocycles. The van der Waals surface area contributed by atoms with E-state index in [9.17, 15) is 0 Å². The Bertz CT molecular complexity index is 528. The summed E-state index contributed by atoms with van der Waals surface area (Å²) in [5.74, 6) is 0. The first-order valence-corrected chi connectivity index (χ1v) is 6.64. The van der Waals surface area contributed by atoms with Crippen LogP contribution in [0.2, 0.25) is 0 Å². The molecule has 4 heteroatoms. The Kier molecular flexibility index (Phi) is 4.17. The molecular formula is C13H15IN2O. The highest BCUT2D eigenvalue weighted by Crippen LogP contribution is 2.25. The molecule has 0 radical (unpaired) electrons. The number of rotatable bonds is 4. The summed E-state index contributed by atoms with van der Waals surface area (Å²) >= 11 is 2.32. The summed E-state index contributed by atoms with van der Waals surface area (Å²) < 4.78 is 6.36. The summed E-state index contributed by atoms with van der Waals surface area (Å²) in [5.41, 5.74) is 3.09. The Morgan fingerprint density at radius 1 is 1.35 bits per heavy atom. The fourth-order valence-electron chi connectivity index (χ4n) is 1.81. The van der Waals surface area contributed by atoms with Crippen LogP contribution in [0.15, 0.2) is 24.3 Å². The van der Waals surface area contributed by atoms with Gasteiger partial charge in [-0.15, -0.1) is 0 Å². The van der Waals surface area contributed by atoms with Crippen LogP contribution in [0.5, 0.6) is 0 Å². The molecule has 2 rings (SSSR count). The summed E-state index contributed by atoms with van der Waals surface area (Å²) in [6, 6.07) is 8.34. The SMILES string of the molecule is CCNc1cc(COC)nc2ccc(I)cc12. The zero-order chi connectivity index (χ0) is 12.3. The predicted octanol–water partition coefficient (Wildman–Crippen LogP) is 3.42. The number of methoxy groups -OCH3 is 1. The molecule has 0 spiro atoms. The van der Waals surface area contributed by atoms with Crippen LogP contribution in [0.25, 0.3) is 10.9 Å². The standard InChI is InChI=1S/C13H15IN2O/c1-3-15-13-7-10(8-17-2)16-12-5-4-9(14)6-11(12)13/h4-7H,3,8H2,1-2H3,(H,15,16). The van der Waals surface area contributed by atoms with E-state index in [1.54, 1.807) is 7.11 Å². The van der Waals surface area contributed by atoms with Crippen molar-refractivity contribution in [1.29, 1.82) is 0 Å². The van der Waals surface area contributed by atoms with E-state index in [1.807, 2.05) is 0 Å². The van der Waals surface area contributed by atoms with Gasteiger partial charge in [-0.3, -0.25) is 4.98 Å². The van der Waals surface area contributed by atoms with Crippen molar-refractivity contribution in [2.24, 2.45) is 0 Å². The molecule has 3 nitrogen and oxygen atoms in total. The summed E-state index contributed by atoms with van der Waals surface area (Å²) in [6.45, 7) is 3.54. The fourth-order valence-corrected chi connectivity index (χ4v) is 2.30. The van der Waals surface area contributed by atoms with E-state index < -0.39 is 0 Å². The monoisotopic (exact) mass is 342 g/mol. The number of pyridine rings is 1. The van der Waals surface area contributed by atoms with E-state index in [0.29, 0.717) is 6.61 Å². The van der Waals surface area contributed by atoms with Crippen molar-refractivity contribution in [2.75, 3.05) is 19.0 Å². The summed E-state index contributed by atoms with van der Waals surface area (Å²) in [4.78, 5) is 4.58. The van der Waals surface area contributed by atoms with Crippen LogP contribution in [-0.2, 0) is 11.3 Å². The molecule has 90 valence electrons. The molecule has 0 aliphatic heterocycles. The van der Waals surface area contributed by atoms with E-state index in [1.165, 1.54) is 8.96 Å². The number of nitrogens with zero attached hydrogens (tertiary/aromatic N) is 1. The number of fused-ring (bicyclic) bond motifs is 1. The molecule has 1 aromatic heterocycles. The van der Waals surface area contributed by atoms with Gasteiger partial charge in [-0.05, 0) is 53.8 Å². The minimum atomic E-state index is 0.542. The zero-order valence-corrected chi connectivity index (χ0v) is 12.1. The maximum atomic E-state index is 5.14. The number of nitrogens with one attached hydrogen (secondary N) is 1. The van der Waals surface area contributed by atoms with Crippen molar-refractivity contribution in [2.45, 2.75) is 13.5 Å². The largest absolute Gasteiger partial charge is 0.385 e. The van der Waals surface area contributed by atoms with E-state index >= 15 is 0 Å². The van der Waals surface area contributed by atoms with Gasteiger partial charge in [0, 0.05) is 28.3 Å². The lowest BCUT2D eigenvalue weighted by molar-refractivity contribution is 0.182. The second kappa shape index (κ2) is 5.64. The number of aromatic nitrogens is 1. The highest BCUT2D eigenvalue weighted by Gasteiger charge is 2.05. The van der Waals surface area contributed by atoms with E-state index in [4.69, 9.17) is 4.74 Å². The van der Waals surface area contributed by atoms with Crippen molar-refractivity contribution in [3.05, 3.63) is 33.5 Å². The Morgan fingerprint density at radius 3 is 2.88 bits per heavy atom. The predicted molar refractivity (Wildman–Crippen MR) is 79.3 cm³/mol. The van der Waals surface area contributed by atoms with Gasteiger partial charge in [0.1, 0.15) is 0 Å². The fraction of sp³-hybridized carbons (Fsp3) is 0.308. The van der Waals surface area contributed by atoms with Gasteiger partial charge in [0.2, 0.25) is 0 Å². The molecule has 0 unspecified atom stereocenters. The molecule has 17 heavy (non-hydrogen) atoms. The zero-order valence-electron chi connectivity index (χ0n) is 9.96. The Balaban J connectivity index is 2.58. The molecule has 1 N–H and O–H groups in total. The molecule has 0 amide bonds. The van der Waals surface area contributed by atoms with Crippen molar-refractivity contribution in [1.82, 2.24) is 4.98 Å². The second-order valence-electron chi connectivity index (χ2n) is 3.79. The molecule has 1 heterocycles. The maximum Gasteiger partial charge on any atom is 0.0885 e. The first kappa shape index (κ1) is 12.6. The highest BCUT2D eigenvalue weighted by atomic mass is 127. The van der Waals surface area contributed by atoms with Gasteiger partial charge in [0.25, 0.3) is 0 Å². The summed E-state index contributed by atoms with van der Waals surface area (Å²) in [7, 11) is 1.69. The number of hydrogen-bond donors (Lipinski definition) is 1. The first-order valence-electron chi connectivity index (χ1n) is 5.56. The van der Waals surface area contributed by atoms with Crippen LogP contribution in [0.1, 0.15) is 12.6 Å². The van der Waals surface area contributed by atoms with Gasteiger partial charge in [0.05, 0.1) is 17.8 Å². The first-order chi connectivity index (χ1) is 8.24. The Labute approximate surface area is 115 Å². The molecular weight excluding hydrogens is 327 g/mol. The lowest BCUT2D eigenvalue weighted by Crippen LogP contribution is -2.01. The van der Waals surface area contributed by atoms with Gasteiger partial charge < -0.3 is 10.1 Å². The van der Waals surface area contributed by atoms with E-state index in [2.05, 4.69) is 64.1 Å². The average molecular weight is 342 g/mol. The van der Waals surface area contributed by atoms with Crippen molar-refractivity contribution in [3.8, 4) is 0 Å². The quantitative estimate of drug-likeness (QED) is 0.865. The second-order valence-corrected chi connectivity index (χ2v) is 5.03. The number of ether oxygens (including phenoxy) is 1. The lowest BCUT2D eigenvalue weighted by Gasteiger charge is -2.10.